The van der Waals surface area contributed by atoms with Gasteiger partial charge in [0.2, 0.25) is 0 Å². The molecule has 0 aliphatic heterocycles. The SMILES string of the molecule is Cc1cccc(C)c1NC(=O)N[C@H](C)C(=O)O. The number of para-hydroxylation sites is 1. The summed E-state index contributed by atoms with van der Waals surface area (Å²) in [6.45, 7) is 5.17. The van der Waals surface area contributed by atoms with E-state index in [1.54, 1.807) is 0 Å². The number of aryl methyl sites for hydroxylation is 2. The summed E-state index contributed by atoms with van der Waals surface area (Å²) in [5.74, 6) is -1.07. The van der Waals surface area contributed by atoms with E-state index in [-0.39, 0.29) is 0 Å². The van der Waals surface area contributed by atoms with Crippen LogP contribution >= 0.6 is 0 Å². The van der Waals surface area contributed by atoms with Crippen LogP contribution in [0.1, 0.15) is 18.1 Å². The minimum absolute atomic E-state index is 0.516. The van der Waals surface area contributed by atoms with Crippen molar-refractivity contribution in [2.24, 2.45) is 0 Å². The Kier molecular flexibility index (Phi) is 4.09. The second-order valence-electron chi connectivity index (χ2n) is 3.93. The molecule has 0 radical (unpaired) electrons. The molecule has 2 amide bonds. The molecule has 3 N–H and O–H groups in total. The lowest BCUT2D eigenvalue weighted by Crippen LogP contribution is -2.41. The van der Waals surface area contributed by atoms with Gasteiger partial charge in [-0.15, -0.1) is 0 Å². The molecule has 0 saturated heterocycles. The zero-order chi connectivity index (χ0) is 13.0. The normalized spacial score (nSPS) is 11.7. The fraction of sp³-hybridized carbons (Fsp3) is 0.333. The van der Waals surface area contributed by atoms with Gasteiger partial charge in [0.25, 0.3) is 0 Å². The van der Waals surface area contributed by atoms with Gasteiger partial charge in [-0.1, -0.05) is 18.2 Å². The number of carboxylic acid groups (broad SMARTS) is 1. The number of urea groups is 1. The fourth-order valence-corrected chi connectivity index (χ4v) is 1.42. The number of anilines is 1. The van der Waals surface area contributed by atoms with Crippen molar-refractivity contribution < 1.29 is 14.7 Å². The number of carboxylic acids is 1. The summed E-state index contributed by atoms with van der Waals surface area (Å²) < 4.78 is 0. The van der Waals surface area contributed by atoms with Crippen molar-refractivity contribution in [1.29, 1.82) is 0 Å². The number of rotatable bonds is 3. The Labute approximate surface area is 99.8 Å². The summed E-state index contributed by atoms with van der Waals surface area (Å²) in [7, 11) is 0. The molecule has 0 aromatic heterocycles. The minimum atomic E-state index is -1.07. The number of benzene rings is 1. The smallest absolute Gasteiger partial charge is 0.325 e. The molecule has 0 aliphatic rings. The van der Waals surface area contributed by atoms with E-state index in [4.69, 9.17) is 5.11 Å². The quantitative estimate of drug-likeness (QED) is 0.750. The van der Waals surface area contributed by atoms with Gasteiger partial charge in [-0.3, -0.25) is 4.79 Å². The lowest BCUT2D eigenvalue weighted by atomic mass is 10.1. The second-order valence-corrected chi connectivity index (χ2v) is 3.93. The van der Waals surface area contributed by atoms with E-state index in [0.29, 0.717) is 5.69 Å². The number of hydrogen-bond acceptors (Lipinski definition) is 2. The molecule has 0 bridgehead atoms. The lowest BCUT2D eigenvalue weighted by Gasteiger charge is -2.14. The monoisotopic (exact) mass is 236 g/mol. The van der Waals surface area contributed by atoms with Crippen LogP contribution in [-0.2, 0) is 4.79 Å². The predicted octanol–water partition coefficient (Wildman–Crippen LogP) is 1.90. The molecule has 1 rings (SSSR count). The first-order chi connectivity index (χ1) is 7.91. The molecule has 0 unspecified atom stereocenters. The summed E-state index contributed by atoms with van der Waals surface area (Å²) in [6.07, 6.45) is 0. The summed E-state index contributed by atoms with van der Waals surface area (Å²) in [6, 6.07) is 4.22. The highest BCUT2D eigenvalue weighted by Crippen LogP contribution is 2.18. The summed E-state index contributed by atoms with van der Waals surface area (Å²) >= 11 is 0. The van der Waals surface area contributed by atoms with E-state index in [0.717, 1.165) is 11.1 Å². The Hall–Kier alpha value is -2.04. The van der Waals surface area contributed by atoms with E-state index >= 15 is 0 Å². The topological polar surface area (TPSA) is 78.4 Å². The van der Waals surface area contributed by atoms with Gasteiger partial charge in [-0.2, -0.15) is 0 Å². The lowest BCUT2D eigenvalue weighted by molar-refractivity contribution is -0.138. The molecule has 1 aromatic rings. The van der Waals surface area contributed by atoms with Gasteiger partial charge in [0.15, 0.2) is 0 Å². The molecule has 5 nitrogen and oxygen atoms in total. The fourth-order valence-electron chi connectivity index (χ4n) is 1.42. The van der Waals surface area contributed by atoms with Gasteiger partial charge in [0, 0.05) is 5.69 Å². The maximum absolute atomic E-state index is 11.5. The third kappa shape index (κ3) is 3.48. The van der Waals surface area contributed by atoms with Crippen molar-refractivity contribution in [2.45, 2.75) is 26.8 Å². The van der Waals surface area contributed by atoms with E-state index in [9.17, 15) is 9.59 Å². The molecule has 1 atom stereocenters. The maximum Gasteiger partial charge on any atom is 0.325 e. The molecule has 0 saturated carbocycles. The van der Waals surface area contributed by atoms with Crippen LogP contribution in [0.4, 0.5) is 10.5 Å². The van der Waals surface area contributed by atoms with Crippen molar-refractivity contribution in [3.05, 3.63) is 29.3 Å². The minimum Gasteiger partial charge on any atom is -0.480 e. The molecule has 92 valence electrons. The van der Waals surface area contributed by atoms with Crippen LogP contribution in [0.15, 0.2) is 18.2 Å². The molecule has 1 aromatic carbocycles. The number of amides is 2. The Balaban J connectivity index is 2.72. The highest BCUT2D eigenvalue weighted by Gasteiger charge is 2.14. The summed E-state index contributed by atoms with van der Waals surface area (Å²) in [5, 5.41) is 13.6. The molecule has 0 spiro atoms. The maximum atomic E-state index is 11.5. The van der Waals surface area contributed by atoms with E-state index in [1.807, 2.05) is 32.0 Å². The van der Waals surface area contributed by atoms with Gasteiger partial charge in [-0.05, 0) is 31.9 Å². The summed E-state index contributed by atoms with van der Waals surface area (Å²) in [4.78, 5) is 22.1. The van der Waals surface area contributed by atoms with Crippen LogP contribution in [0.3, 0.4) is 0 Å². The van der Waals surface area contributed by atoms with Crippen molar-refractivity contribution >= 4 is 17.7 Å². The third-order valence-electron chi connectivity index (χ3n) is 2.44. The first-order valence-corrected chi connectivity index (χ1v) is 5.28. The standard InChI is InChI=1S/C12H16N2O3/c1-7-5-4-6-8(2)10(7)14-12(17)13-9(3)11(15)16/h4-6,9H,1-3H3,(H,15,16)(H2,13,14,17)/t9-/m1/s1. The largest absolute Gasteiger partial charge is 0.480 e. The number of nitrogens with one attached hydrogen (secondary N) is 2. The van der Waals surface area contributed by atoms with Crippen molar-refractivity contribution in [2.75, 3.05) is 5.32 Å². The number of hydrogen-bond donors (Lipinski definition) is 3. The average Bonchev–Trinajstić information content (AvgIpc) is 2.23. The van der Waals surface area contributed by atoms with Crippen molar-refractivity contribution in [1.82, 2.24) is 5.32 Å². The van der Waals surface area contributed by atoms with E-state index in [2.05, 4.69) is 10.6 Å². The molecule has 0 heterocycles. The Morgan fingerprint density at radius 3 is 2.24 bits per heavy atom. The zero-order valence-electron chi connectivity index (χ0n) is 10.1. The first-order valence-electron chi connectivity index (χ1n) is 5.28. The highest BCUT2D eigenvalue weighted by molar-refractivity contribution is 5.93. The molecule has 5 heteroatoms. The Morgan fingerprint density at radius 2 is 1.76 bits per heavy atom. The molecular weight excluding hydrogens is 220 g/mol. The Bertz CT molecular complexity index is 423. The molecule has 17 heavy (non-hydrogen) atoms. The zero-order valence-corrected chi connectivity index (χ0v) is 10.1. The van der Waals surface area contributed by atoms with Crippen LogP contribution in [0, 0.1) is 13.8 Å². The van der Waals surface area contributed by atoms with Gasteiger partial charge in [0.1, 0.15) is 6.04 Å². The first kappa shape index (κ1) is 13.0. The number of carbonyl (C=O) groups excluding carboxylic acids is 1. The van der Waals surface area contributed by atoms with Gasteiger partial charge in [0.05, 0.1) is 0 Å². The Morgan fingerprint density at radius 1 is 1.24 bits per heavy atom. The van der Waals surface area contributed by atoms with Crippen molar-refractivity contribution in [3.63, 3.8) is 0 Å². The van der Waals surface area contributed by atoms with Gasteiger partial charge >= 0.3 is 12.0 Å². The average molecular weight is 236 g/mol. The number of carbonyl (C=O) groups is 2. The van der Waals surface area contributed by atoms with Crippen molar-refractivity contribution in [3.8, 4) is 0 Å². The molecule has 0 aliphatic carbocycles. The molecule has 0 fully saturated rings. The van der Waals surface area contributed by atoms with E-state index in [1.165, 1.54) is 6.92 Å². The second kappa shape index (κ2) is 5.34. The summed E-state index contributed by atoms with van der Waals surface area (Å²) in [5.41, 5.74) is 2.58. The van der Waals surface area contributed by atoms with Crippen LogP contribution in [0.2, 0.25) is 0 Å². The van der Waals surface area contributed by atoms with Gasteiger partial charge < -0.3 is 15.7 Å². The predicted molar refractivity (Wildman–Crippen MR) is 65.2 cm³/mol. The van der Waals surface area contributed by atoms with Gasteiger partial charge in [-0.25, -0.2) is 4.79 Å². The van der Waals surface area contributed by atoms with E-state index < -0.39 is 18.0 Å². The van der Waals surface area contributed by atoms with Crippen LogP contribution in [0.25, 0.3) is 0 Å². The number of aliphatic carboxylic acids is 1. The third-order valence-corrected chi connectivity index (χ3v) is 2.44. The molecular formula is C12H16N2O3. The van der Waals surface area contributed by atoms with Crippen LogP contribution < -0.4 is 10.6 Å². The van der Waals surface area contributed by atoms with Crippen LogP contribution in [-0.4, -0.2) is 23.1 Å². The van der Waals surface area contributed by atoms with Crippen LogP contribution in [0.5, 0.6) is 0 Å². The highest BCUT2D eigenvalue weighted by atomic mass is 16.4.